The van der Waals surface area contributed by atoms with E-state index in [-0.39, 0.29) is 0 Å². The van der Waals surface area contributed by atoms with Crippen LogP contribution in [0.1, 0.15) is 37.5 Å². The smallest absolute Gasteiger partial charge is 0.154 e. The fourth-order valence-corrected chi connectivity index (χ4v) is 4.00. The van der Waals surface area contributed by atoms with Crippen molar-refractivity contribution in [1.29, 1.82) is 0 Å². The van der Waals surface area contributed by atoms with E-state index in [1.807, 2.05) is 93.6 Å². The SMILES string of the molecule is CCOc1ccccc1C(OCCN)(c1ccccc1OCC)c1ccccc1OCC. The average molecular weight is 436 g/mol. The second-order valence-corrected chi connectivity index (χ2v) is 7.11. The first-order valence-electron chi connectivity index (χ1n) is 11.2. The molecule has 0 heterocycles. The fraction of sp³-hybridized carbons (Fsp3) is 0.333. The van der Waals surface area contributed by atoms with Crippen LogP contribution in [0.5, 0.6) is 17.2 Å². The van der Waals surface area contributed by atoms with Gasteiger partial charge in [-0.2, -0.15) is 0 Å². The Morgan fingerprint density at radius 1 is 0.594 bits per heavy atom. The molecular weight excluding hydrogens is 402 g/mol. The summed E-state index contributed by atoms with van der Waals surface area (Å²) in [7, 11) is 0. The summed E-state index contributed by atoms with van der Waals surface area (Å²) in [6.07, 6.45) is 0. The van der Waals surface area contributed by atoms with Crippen LogP contribution < -0.4 is 19.9 Å². The van der Waals surface area contributed by atoms with Crippen LogP contribution in [0.3, 0.4) is 0 Å². The molecular formula is C27H33NO4. The Morgan fingerprint density at radius 3 is 1.25 bits per heavy atom. The molecule has 0 bridgehead atoms. The molecule has 0 spiro atoms. The van der Waals surface area contributed by atoms with Gasteiger partial charge in [0.2, 0.25) is 0 Å². The van der Waals surface area contributed by atoms with Crippen LogP contribution in [0, 0.1) is 0 Å². The quantitative estimate of drug-likeness (QED) is 0.399. The van der Waals surface area contributed by atoms with Gasteiger partial charge in [0.1, 0.15) is 17.2 Å². The molecule has 0 unspecified atom stereocenters. The van der Waals surface area contributed by atoms with Gasteiger partial charge in [-0.3, -0.25) is 0 Å². The Balaban J connectivity index is 2.44. The lowest BCUT2D eigenvalue weighted by molar-refractivity contribution is 0.0122. The van der Waals surface area contributed by atoms with Crippen molar-refractivity contribution in [3.8, 4) is 17.2 Å². The molecule has 5 heteroatoms. The molecule has 0 saturated heterocycles. The van der Waals surface area contributed by atoms with Crippen molar-refractivity contribution in [2.75, 3.05) is 33.0 Å². The van der Waals surface area contributed by atoms with Crippen molar-refractivity contribution in [3.63, 3.8) is 0 Å². The summed E-state index contributed by atoms with van der Waals surface area (Å²) in [5.41, 5.74) is 7.50. The van der Waals surface area contributed by atoms with Crippen molar-refractivity contribution in [2.45, 2.75) is 26.4 Å². The van der Waals surface area contributed by atoms with E-state index < -0.39 is 5.60 Å². The minimum absolute atomic E-state index is 0.335. The van der Waals surface area contributed by atoms with Gasteiger partial charge in [-0.25, -0.2) is 0 Å². The monoisotopic (exact) mass is 435 g/mol. The number of hydrogen-bond acceptors (Lipinski definition) is 5. The molecule has 0 aromatic heterocycles. The van der Waals surface area contributed by atoms with E-state index in [0.29, 0.717) is 33.0 Å². The normalized spacial score (nSPS) is 11.2. The lowest BCUT2D eigenvalue weighted by atomic mass is 9.78. The maximum absolute atomic E-state index is 6.73. The summed E-state index contributed by atoms with van der Waals surface area (Å²) < 4.78 is 25.0. The fourth-order valence-electron chi connectivity index (χ4n) is 4.00. The van der Waals surface area contributed by atoms with Crippen molar-refractivity contribution >= 4 is 0 Å². The number of hydrogen-bond donors (Lipinski definition) is 1. The van der Waals surface area contributed by atoms with Gasteiger partial charge in [0, 0.05) is 23.2 Å². The molecule has 170 valence electrons. The van der Waals surface area contributed by atoms with Crippen molar-refractivity contribution in [2.24, 2.45) is 5.73 Å². The minimum atomic E-state index is -1.05. The first-order valence-corrected chi connectivity index (χ1v) is 11.2. The first kappa shape index (κ1) is 23.6. The van der Waals surface area contributed by atoms with E-state index in [1.165, 1.54) is 0 Å². The number of benzene rings is 3. The molecule has 2 N–H and O–H groups in total. The summed E-state index contributed by atoms with van der Waals surface area (Å²) in [5.74, 6) is 2.22. The molecule has 0 aliphatic carbocycles. The summed E-state index contributed by atoms with van der Waals surface area (Å²) >= 11 is 0. The lowest BCUT2D eigenvalue weighted by Crippen LogP contribution is -2.36. The molecule has 32 heavy (non-hydrogen) atoms. The Hall–Kier alpha value is -3.02. The number of rotatable bonds is 12. The van der Waals surface area contributed by atoms with Gasteiger partial charge >= 0.3 is 0 Å². The summed E-state index contributed by atoms with van der Waals surface area (Å²) in [6.45, 7) is 8.22. The van der Waals surface area contributed by atoms with E-state index in [9.17, 15) is 0 Å². The Labute approximate surface area is 191 Å². The Kier molecular flexibility index (Phi) is 8.54. The molecule has 0 amide bonds. The van der Waals surface area contributed by atoms with Crippen LogP contribution in [-0.4, -0.2) is 33.0 Å². The zero-order chi connectivity index (χ0) is 22.8. The number of nitrogens with two attached hydrogens (primary N) is 1. The highest BCUT2D eigenvalue weighted by Gasteiger charge is 2.44. The first-order chi connectivity index (χ1) is 15.7. The second-order valence-electron chi connectivity index (χ2n) is 7.11. The highest BCUT2D eigenvalue weighted by atomic mass is 16.5. The zero-order valence-corrected chi connectivity index (χ0v) is 19.2. The summed E-state index contributed by atoms with van der Waals surface area (Å²) in [5, 5.41) is 0. The molecule has 3 rings (SSSR count). The van der Waals surface area contributed by atoms with Crippen molar-refractivity contribution < 1.29 is 18.9 Å². The van der Waals surface area contributed by atoms with Gasteiger partial charge in [-0.05, 0) is 39.0 Å². The minimum Gasteiger partial charge on any atom is -0.493 e. The third-order valence-electron chi connectivity index (χ3n) is 5.14. The molecule has 3 aromatic rings. The van der Waals surface area contributed by atoms with Crippen LogP contribution in [0.15, 0.2) is 72.8 Å². The maximum atomic E-state index is 6.73. The van der Waals surface area contributed by atoms with Crippen LogP contribution >= 0.6 is 0 Å². The summed E-state index contributed by atoms with van der Waals surface area (Å²) in [6, 6.07) is 23.9. The van der Waals surface area contributed by atoms with Crippen molar-refractivity contribution in [1.82, 2.24) is 0 Å². The van der Waals surface area contributed by atoms with Gasteiger partial charge in [0.25, 0.3) is 0 Å². The van der Waals surface area contributed by atoms with E-state index in [2.05, 4.69) is 0 Å². The molecule has 0 radical (unpaired) electrons. The molecule has 0 saturated carbocycles. The van der Waals surface area contributed by atoms with Crippen LogP contribution in [0.25, 0.3) is 0 Å². The molecule has 0 aliphatic heterocycles. The molecule has 0 fully saturated rings. The topological polar surface area (TPSA) is 62.9 Å². The van der Waals surface area contributed by atoms with Crippen LogP contribution in [0.2, 0.25) is 0 Å². The standard InChI is InChI=1S/C27H33NO4/c1-4-29-24-16-10-7-13-21(24)27(32-20-19-28,22-14-8-11-17-25(22)30-5-2)23-15-9-12-18-26(23)31-6-3/h7-18H,4-6,19-20,28H2,1-3H3. The van der Waals surface area contributed by atoms with E-state index in [1.54, 1.807) is 0 Å². The lowest BCUT2D eigenvalue weighted by Gasteiger charge is -2.38. The Morgan fingerprint density at radius 2 is 0.938 bits per heavy atom. The highest BCUT2D eigenvalue weighted by molar-refractivity contribution is 5.59. The molecule has 0 atom stereocenters. The van der Waals surface area contributed by atoms with Gasteiger partial charge in [0.15, 0.2) is 5.60 Å². The maximum Gasteiger partial charge on any atom is 0.154 e. The molecule has 5 nitrogen and oxygen atoms in total. The third-order valence-corrected chi connectivity index (χ3v) is 5.14. The van der Waals surface area contributed by atoms with Gasteiger partial charge in [-0.1, -0.05) is 54.6 Å². The second kappa shape index (κ2) is 11.6. The predicted octanol–water partition coefficient (Wildman–Crippen LogP) is 5.15. The number of para-hydroxylation sites is 3. The summed E-state index contributed by atoms with van der Waals surface area (Å²) in [4.78, 5) is 0. The van der Waals surface area contributed by atoms with Crippen LogP contribution in [-0.2, 0) is 10.3 Å². The Bertz CT molecular complexity index is 868. The number of ether oxygens (including phenoxy) is 4. The average Bonchev–Trinajstić information content (AvgIpc) is 2.83. The van der Waals surface area contributed by atoms with Crippen molar-refractivity contribution in [3.05, 3.63) is 89.5 Å². The highest BCUT2D eigenvalue weighted by Crippen LogP contribution is 2.50. The third kappa shape index (κ3) is 4.74. The van der Waals surface area contributed by atoms with Gasteiger partial charge < -0.3 is 24.7 Å². The van der Waals surface area contributed by atoms with E-state index in [0.717, 1.165) is 33.9 Å². The molecule has 3 aromatic carbocycles. The van der Waals surface area contributed by atoms with E-state index in [4.69, 9.17) is 24.7 Å². The molecule has 0 aliphatic rings. The van der Waals surface area contributed by atoms with Gasteiger partial charge in [-0.15, -0.1) is 0 Å². The largest absolute Gasteiger partial charge is 0.493 e. The zero-order valence-electron chi connectivity index (χ0n) is 19.2. The van der Waals surface area contributed by atoms with Crippen LogP contribution in [0.4, 0.5) is 0 Å². The van der Waals surface area contributed by atoms with E-state index >= 15 is 0 Å². The predicted molar refractivity (Wildman–Crippen MR) is 128 cm³/mol. The van der Waals surface area contributed by atoms with Gasteiger partial charge in [0.05, 0.1) is 26.4 Å².